The van der Waals surface area contributed by atoms with Gasteiger partial charge in [0, 0.05) is 17.6 Å². The number of halogens is 1. The average molecular weight is 330 g/mol. The van der Waals surface area contributed by atoms with E-state index in [1.807, 2.05) is 7.05 Å². The molecule has 0 spiro atoms. The van der Waals surface area contributed by atoms with Gasteiger partial charge >= 0.3 is 0 Å². The zero-order valence-corrected chi connectivity index (χ0v) is 14.1. The number of hydrogen-bond donors (Lipinski definition) is 1. The molecule has 0 bridgehead atoms. The Kier molecular flexibility index (Phi) is 6.30. The number of rotatable bonds is 6. The highest BCUT2D eigenvalue weighted by atomic mass is 79.9. The Hall–Kier alpha value is -0.580. The van der Waals surface area contributed by atoms with Crippen molar-refractivity contribution in [1.29, 1.82) is 0 Å². The van der Waals surface area contributed by atoms with Crippen LogP contribution in [0, 0.1) is 20.8 Å². The normalized spacial score (nSPS) is 11.2. The molecule has 19 heavy (non-hydrogen) atoms. The van der Waals surface area contributed by atoms with Gasteiger partial charge < -0.3 is 14.7 Å². The highest BCUT2D eigenvalue weighted by Gasteiger charge is 2.16. The molecule has 0 amide bonds. The summed E-state index contributed by atoms with van der Waals surface area (Å²) in [6.45, 7) is 8.14. The van der Waals surface area contributed by atoms with Crippen molar-refractivity contribution in [3.8, 4) is 5.75 Å². The molecule has 108 valence electrons. The van der Waals surface area contributed by atoms with Crippen molar-refractivity contribution >= 4 is 15.9 Å². The van der Waals surface area contributed by atoms with E-state index in [2.05, 4.69) is 41.6 Å². The van der Waals surface area contributed by atoms with Gasteiger partial charge in [0.25, 0.3) is 0 Å². The fourth-order valence-corrected chi connectivity index (χ4v) is 2.84. The third-order valence-electron chi connectivity index (χ3n) is 3.72. The lowest BCUT2D eigenvalue weighted by molar-refractivity contribution is 0.222. The van der Waals surface area contributed by atoms with Gasteiger partial charge in [0.15, 0.2) is 0 Å². The molecule has 1 aromatic carbocycles. The SMILES string of the molecule is COc1c(C)c(C)c(Br)c(C)c1CCN(C)CCO. The highest BCUT2D eigenvalue weighted by Crippen LogP contribution is 2.36. The van der Waals surface area contributed by atoms with Crippen molar-refractivity contribution in [3.05, 3.63) is 26.7 Å². The van der Waals surface area contributed by atoms with Gasteiger partial charge in [0.2, 0.25) is 0 Å². The Balaban J connectivity index is 3.05. The fourth-order valence-electron chi connectivity index (χ4n) is 2.31. The number of aliphatic hydroxyl groups is 1. The zero-order valence-electron chi connectivity index (χ0n) is 12.5. The van der Waals surface area contributed by atoms with Gasteiger partial charge in [-0.3, -0.25) is 0 Å². The molecule has 0 aliphatic carbocycles. The first kappa shape index (κ1) is 16.5. The van der Waals surface area contributed by atoms with Crippen LogP contribution in [0.15, 0.2) is 4.47 Å². The second-order valence-corrected chi connectivity index (χ2v) is 5.77. The second kappa shape index (κ2) is 7.27. The molecule has 0 unspecified atom stereocenters. The van der Waals surface area contributed by atoms with Gasteiger partial charge in [-0.1, -0.05) is 15.9 Å². The monoisotopic (exact) mass is 329 g/mol. The van der Waals surface area contributed by atoms with Crippen LogP contribution in [0.4, 0.5) is 0 Å². The largest absolute Gasteiger partial charge is 0.496 e. The molecule has 3 nitrogen and oxygen atoms in total. The van der Waals surface area contributed by atoms with E-state index < -0.39 is 0 Å². The summed E-state index contributed by atoms with van der Waals surface area (Å²) in [4.78, 5) is 2.13. The first-order chi connectivity index (χ1) is 8.93. The molecule has 0 fully saturated rings. The molecule has 4 heteroatoms. The van der Waals surface area contributed by atoms with E-state index in [1.54, 1.807) is 7.11 Å². The van der Waals surface area contributed by atoms with Crippen LogP contribution >= 0.6 is 15.9 Å². The van der Waals surface area contributed by atoms with Gasteiger partial charge in [-0.05, 0) is 56.5 Å². The molecule has 0 saturated heterocycles. The molecule has 1 N–H and O–H groups in total. The number of methoxy groups -OCH3 is 1. The van der Waals surface area contributed by atoms with E-state index in [0.29, 0.717) is 6.54 Å². The maximum absolute atomic E-state index is 8.94. The van der Waals surface area contributed by atoms with Crippen LogP contribution in [0.3, 0.4) is 0 Å². The smallest absolute Gasteiger partial charge is 0.125 e. The number of likely N-dealkylation sites (N-methyl/N-ethyl adjacent to an activating group) is 1. The van der Waals surface area contributed by atoms with Crippen LogP contribution in [0.25, 0.3) is 0 Å². The van der Waals surface area contributed by atoms with E-state index in [4.69, 9.17) is 9.84 Å². The van der Waals surface area contributed by atoms with Crippen LogP contribution in [0.5, 0.6) is 5.75 Å². The summed E-state index contributed by atoms with van der Waals surface area (Å²) in [5.74, 6) is 0.996. The molecule has 1 rings (SSSR count). The number of nitrogens with zero attached hydrogens (tertiary/aromatic N) is 1. The van der Waals surface area contributed by atoms with Gasteiger partial charge in [-0.15, -0.1) is 0 Å². The first-order valence-corrected chi connectivity index (χ1v) is 7.34. The predicted octanol–water partition coefficient (Wildman–Crippen LogP) is 2.85. The van der Waals surface area contributed by atoms with Crippen LogP contribution < -0.4 is 4.74 Å². The Labute approximate surface area is 124 Å². The molecule has 0 aliphatic heterocycles. The highest BCUT2D eigenvalue weighted by molar-refractivity contribution is 9.10. The summed E-state index contributed by atoms with van der Waals surface area (Å²) in [6.07, 6.45) is 0.922. The lowest BCUT2D eigenvalue weighted by Gasteiger charge is -2.21. The maximum Gasteiger partial charge on any atom is 0.125 e. The second-order valence-electron chi connectivity index (χ2n) is 4.98. The van der Waals surface area contributed by atoms with Crippen LogP contribution in [0.2, 0.25) is 0 Å². The topological polar surface area (TPSA) is 32.7 Å². The maximum atomic E-state index is 8.94. The summed E-state index contributed by atoms with van der Waals surface area (Å²) in [7, 11) is 3.75. The third kappa shape index (κ3) is 3.71. The first-order valence-electron chi connectivity index (χ1n) is 6.55. The van der Waals surface area contributed by atoms with Crippen molar-refractivity contribution in [3.63, 3.8) is 0 Å². The number of hydrogen-bond acceptors (Lipinski definition) is 3. The molecule has 0 aliphatic rings. The minimum absolute atomic E-state index is 0.198. The molecular weight excluding hydrogens is 306 g/mol. The zero-order chi connectivity index (χ0) is 14.6. The standard InChI is InChI=1S/C15H24BrNO2/c1-10-11(2)15(19-5)13(12(3)14(10)16)6-7-17(4)8-9-18/h18H,6-9H2,1-5H3. The van der Waals surface area contributed by atoms with Crippen molar-refractivity contribution < 1.29 is 9.84 Å². The van der Waals surface area contributed by atoms with Crippen molar-refractivity contribution in [2.24, 2.45) is 0 Å². The molecule has 0 atom stereocenters. The summed E-state index contributed by atoms with van der Waals surface area (Å²) in [6, 6.07) is 0. The van der Waals surface area contributed by atoms with Crippen molar-refractivity contribution in [1.82, 2.24) is 4.90 Å². The van der Waals surface area contributed by atoms with Gasteiger partial charge in [0.1, 0.15) is 5.75 Å². The Morgan fingerprint density at radius 2 is 1.74 bits per heavy atom. The van der Waals surface area contributed by atoms with E-state index >= 15 is 0 Å². The number of benzene rings is 1. The third-order valence-corrected chi connectivity index (χ3v) is 4.91. The van der Waals surface area contributed by atoms with E-state index in [9.17, 15) is 0 Å². The van der Waals surface area contributed by atoms with E-state index in [0.717, 1.165) is 18.7 Å². The molecule has 0 radical (unpaired) electrons. The Morgan fingerprint density at radius 1 is 1.11 bits per heavy atom. The summed E-state index contributed by atoms with van der Waals surface area (Å²) >= 11 is 3.67. The van der Waals surface area contributed by atoms with E-state index in [1.165, 1.54) is 26.7 Å². The lowest BCUT2D eigenvalue weighted by atomic mass is 9.96. The van der Waals surface area contributed by atoms with Crippen LogP contribution in [-0.2, 0) is 6.42 Å². The van der Waals surface area contributed by atoms with Crippen LogP contribution in [0.1, 0.15) is 22.3 Å². The number of aliphatic hydroxyl groups excluding tert-OH is 1. The Morgan fingerprint density at radius 3 is 2.26 bits per heavy atom. The summed E-state index contributed by atoms with van der Waals surface area (Å²) in [5, 5.41) is 8.94. The lowest BCUT2D eigenvalue weighted by Crippen LogP contribution is -2.25. The van der Waals surface area contributed by atoms with Gasteiger partial charge in [-0.25, -0.2) is 0 Å². The van der Waals surface area contributed by atoms with E-state index in [-0.39, 0.29) is 6.61 Å². The minimum Gasteiger partial charge on any atom is -0.496 e. The number of ether oxygens (including phenoxy) is 1. The fraction of sp³-hybridized carbons (Fsp3) is 0.600. The molecule has 0 saturated carbocycles. The molecule has 1 aromatic rings. The van der Waals surface area contributed by atoms with Gasteiger partial charge in [-0.2, -0.15) is 0 Å². The summed E-state index contributed by atoms with van der Waals surface area (Å²) in [5.41, 5.74) is 4.93. The average Bonchev–Trinajstić information content (AvgIpc) is 2.39. The van der Waals surface area contributed by atoms with Crippen molar-refractivity contribution in [2.45, 2.75) is 27.2 Å². The van der Waals surface area contributed by atoms with Gasteiger partial charge in [0.05, 0.1) is 13.7 Å². The van der Waals surface area contributed by atoms with Crippen molar-refractivity contribution in [2.75, 3.05) is 33.9 Å². The minimum atomic E-state index is 0.198. The Bertz CT molecular complexity index is 447. The molecular formula is C15H24BrNO2. The molecule has 0 aromatic heterocycles. The van der Waals surface area contributed by atoms with Crippen LogP contribution in [-0.4, -0.2) is 43.9 Å². The summed E-state index contributed by atoms with van der Waals surface area (Å²) < 4.78 is 6.77. The predicted molar refractivity (Wildman–Crippen MR) is 83.2 cm³/mol. The quantitative estimate of drug-likeness (QED) is 0.871. The molecule has 0 heterocycles.